The molecule has 0 spiro atoms. The van der Waals surface area contributed by atoms with Crippen LogP contribution in [0.5, 0.6) is 0 Å². The van der Waals surface area contributed by atoms with Gasteiger partial charge >= 0.3 is 0 Å². The summed E-state index contributed by atoms with van der Waals surface area (Å²) in [6.07, 6.45) is 0. The van der Waals surface area contributed by atoms with Crippen molar-refractivity contribution in [2.75, 3.05) is 0 Å². The van der Waals surface area contributed by atoms with Crippen LogP contribution in [0.25, 0.3) is 11.1 Å². The van der Waals surface area contributed by atoms with Crippen molar-refractivity contribution in [1.29, 1.82) is 0 Å². The van der Waals surface area contributed by atoms with E-state index in [1.165, 1.54) is 0 Å². The van der Waals surface area contributed by atoms with Gasteiger partial charge in [0.1, 0.15) is 5.82 Å². The first kappa shape index (κ1) is 12.1. The van der Waals surface area contributed by atoms with Crippen LogP contribution >= 0.6 is 45.8 Å². The Bertz CT molecular complexity index is 520. The zero-order valence-corrected chi connectivity index (χ0v) is 11.6. The lowest BCUT2D eigenvalue weighted by Gasteiger charge is -2.08. The molecule has 0 bridgehead atoms. The van der Waals surface area contributed by atoms with E-state index in [0.29, 0.717) is 24.7 Å². The Labute approximate surface area is 117 Å². The highest BCUT2D eigenvalue weighted by molar-refractivity contribution is 14.1. The summed E-state index contributed by atoms with van der Waals surface area (Å²) in [6, 6.07) is 10.3. The fourth-order valence-corrected chi connectivity index (χ4v) is 2.55. The van der Waals surface area contributed by atoms with Crippen molar-refractivity contribution in [2.45, 2.75) is 0 Å². The Kier molecular flexibility index (Phi) is 3.72. The standard InChI is InChI=1S/C12H6Cl2FI/c13-8-4-2-5-9(14)11(8)7-3-1-6-10(16)12(7)15/h1-6H. The van der Waals surface area contributed by atoms with E-state index in [1.54, 1.807) is 36.4 Å². The number of halogens is 4. The molecule has 0 N–H and O–H groups in total. The lowest BCUT2D eigenvalue weighted by atomic mass is 10.1. The van der Waals surface area contributed by atoms with Crippen molar-refractivity contribution in [1.82, 2.24) is 0 Å². The maximum absolute atomic E-state index is 13.9. The van der Waals surface area contributed by atoms with Gasteiger partial charge in [0, 0.05) is 24.7 Å². The first-order valence-electron chi connectivity index (χ1n) is 4.49. The molecule has 0 nitrogen and oxygen atoms in total. The van der Waals surface area contributed by atoms with E-state index in [-0.39, 0.29) is 5.82 Å². The van der Waals surface area contributed by atoms with Gasteiger partial charge in [-0.1, -0.05) is 41.4 Å². The summed E-state index contributed by atoms with van der Waals surface area (Å²) in [5, 5.41) is 0.904. The molecule has 2 rings (SSSR count). The molecule has 0 amide bonds. The van der Waals surface area contributed by atoms with E-state index < -0.39 is 0 Å². The summed E-state index contributed by atoms with van der Waals surface area (Å²) in [4.78, 5) is 0. The van der Waals surface area contributed by atoms with Crippen molar-refractivity contribution in [3.05, 3.63) is 55.8 Å². The predicted octanol–water partition coefficient (Wildman–Crippen LogP) is 5.40. The summed E-state index contributed by atoms with van der Waals surface area (Å²) < 4.78 is 14.5. The van der Waals surface area contributed by atoms with Crippen LogP contribution in [0.2, 0.25) is 10.0 Å². The van der Waals surface area contributed by atoms with Crippen LogP contribution in [0.4, 0.5) is 4.39 Å². The third-order valence-corrected chi connectivity index (χ3v) is 3.65. The fraction of sp³-hybridized carbons (Fsp3) is 0. The predicted molar refractivity (Wildman–Crippen MR) is 74.6 cm³/mol. The van der Waals surface area contributed by atoms with Gasteiger partial charge in [0.05, 0.1) is 0 Å². The molecule has 0 aromatic heterocycles. The minimum Gasteiger partial charge on any atom is -0.205 e. The maximum Gasteiger partial charge on any atom is 0.144 e. The van der Waals surface area contributed by atoms with E-state index in [4.69, 9.17) is 23.2 Å². The maximum atomic E-state index is 13.9. The van der Waals surface area contributed by atoms with E-state index >= 15 is 0 Å². The van der Waals surface area contributed by atoms with Gasteiger partial charge in [0.2, 0.25) is 0 Å². The Morgan fingerprint density at radius 2 is 1.50 bits per heavy atom. The molecular weight excluding hydrogens is 361 g/mol. The van der Waals surface area contributed by atoms with E-state index in [1.807, 2.05) is 22.6 Å². The Hall–Kier alpha value is -0.320. The second-order valence-electron chi connectivity index (χ2n) is 3.20. The highest BCUT2D eigenvalue weighted by Crippen LogP contribution is 2.36. The van der Waals surface area contributed by atoms with Crippen LogP contribution < -0.4 is 0 Å². The molecule has 2 aromatic rings. The second kappa shape index (κ2) is 4.90. The van der Waals surface area contributed by atoms with Crippen molar-refractivity contribution in [3.63, 3.8) is 0 Å². The first-order valence-corrected chi connectivity index (χ1v) is 6.33. The summed E-state index contributed by atoms with van der Waals surface area (Å²) in [5.74, 6) is -0.293. The molecule has 4 heteroatoms. The number of hydrogen-bond donors (Lipinski definition) is 0. The normalized spacial score (nSPS) is 10.5. The molecular formula is C12H6Cl2FI. The van der Waals surface area contributed by atoms with Gasteiger partial charge in [0.15, 0.2) is 0 Å². The Balaban J connectivity index is 2.73. The monoisotopic (exact) mass is 366 g/mol. The van der Waals surface area contributed by atoms with Gasteiger partial charge in [-0.3, -0.25) is 0 Å². The van der Waals surface area contributed by atoms with E-state index in [2.05, 4.69) is 0 Å². The number of benzene rings is 2. The van der Waals surface area contributed by atoms with Crippen molar-refractivity contribution in [2.24, 2.45) is 0 Å². The fourth-order valence-electron chi connectivity index (χ4n) is 1.45. The molecule has 2 aromatic carbocycles. The number of rotatable bonds is 1. The summed E-state index contributed by atoms with van der Waals surface area (Å²) in [6.45, 7) is 0. The molecule has 82 valence electrons. The zero-order valence-electron chi connectivity index (χ0n) is 7.98. The molecule has 0 aliphatic carbocycles. The highest BCUT2D eigenvalue weighted by Gasteiger charge is 2.13. The van der Waals surface area contributed by atoms with Gasteiger partial charge in [-0.15, -0.1) is 0 Å². The van der Waals surface area contributed by atoms with Gasteiger partial charge in [-0.05, 0) is 40.8 Å². The molecule has 16 heavy (non-hydrogen) atoms. The summed E-state index contributed by atoms with van der Waals surface area (Å²) in [5.41, 5.74) is 0.976. The minimum atomic E-state index is -0.293. The molecule has 0 radical (unpaired) electrons. The Morgan fingerprint density at radius 1 is 0.938 bits per heavy atom. The van der Waals surface area contributed by atoms with Crippen molar-refractivity contribution < 1.29 is 4.39 Å². The third-order valence-electron chi connectivity index (χ3n) is 2.18. The summed E-state index contributed by atoms with van der Waals surface area (Å²) in [7, 11) is 0. The smallest absolute Gasteiger partial charge is 0.144 e. The molecule has 0 heterocycles. The first-order chi connectivity index (χ1) is 7.61. The molecule has 0 atom stereocenters. The van der Waals surface area contributed by atoms with E-state index in [9.17, 15) is 4.39 Å². The van der Waals surface area contributed by atoms with Crippen LogP contribution in [-0.4, -0.2) is 0 Å². The van der Waals surface area contributed by atoms with Crippen LogP contribution in [-0.2, 0) is 0 Å². The molecule has 0 aliphatic heterocycles. The minimum absolute atomic E-state index is 0.293. The molecule has 0 unspecified atom stereocenters. The average Bonchev–Trinajstić information content (AvgIpc) is 2.24. The van der Waals surface area contributed by atoms with Crippen molar-refractivity contribution in [3.8, 4) is 11.1 Å². The molecule has 0 saturated heterocycles. The van der Waals surface area contributed by atoms with Gasteiger partial charge in [-0.2, -0.15) is 0 Å². The SMILES string of the molecule is Fc1c(I)cccc1-c1c(Cl)cccc1Cl. The lowest BCUT2D eigenvalue weighted by molar-refractivity contribution is 0.624. The third kappa shape index (κ3) is 2.19. The second-order valence-corrected chi connectivity index (χ2v) is 5.17. The van der Waals surface area contributed by atoms with Crippen LogP contribution in [0.15, 0.2) is 36.4 Å². The molecule has 0 saturated carbocycles. The van der Waals surface area contributed by atoms with Gasteiger partial charge in [0.25, 0.3) is 0 Å². The van der Waals surface area contributed by atoms with Crippen LogP contribution in [0, 0.1) is 9.39 Å². The molecule has 0 fully saturated rings. The van der Waals surface area contributed by atoms with Crippen LogP contribution in [0.1, 0.15) is 0 Å². The quantitative estimate of drug-likeness (QED) is 0.592. The molecule has 0 aliphatic rings. The zero-order chi connectivity index (χ0) is 11.7. The van der Waals surface area contributed by atoms with Crippen LogP contribution in [0.3, 0.4) is 0 Å². The largest absolute Gasteiger partial charge is 0.205 e. The summed E-state index contributed by atoms with van der Waals surface area (Å²) >= 11 is 14.0. The Morgan fingerprint density at radius 3 is 2.12 bits per heavy atom. The highest BCUT2D eigenvalue weighted by atomic mass is 127. The number of hydrogen-bond acceptors (Lipinski definition) is 0. The van der Waals surface area contributed by atoms with Gasteiger partial charge in [-0.25, -0.2) is 4.39 Å². The average molecular weight is 367 g/mol. The van der Waals surface area contributed by atoms with Crippen molar-refractivity contribution >= 4 is 45.8 Å². The van der Waals surface area contributed by atoms with E-state index in [0.717, 1.165) is 0 Å². The lowest BCUT2D eigenvalue weighted by Crippen LogP contribution is -1.89. The van der Waals surface area contributed by atoms with Gasteiger partial charge < -0.3 is 0 Å². The topological polar surface area (TPSA) is 0 Å².